The molecule has 1 aromatic heterocycles. The van der Waals surface area contributed by atoms with Gasteiger partial charge in [-0.3, -0.25) is 14.9 Å². The van der Waals surface area contributed by atoms with Crippen molar-refractivity contribution in [1.29, 1.82) is 0 Å². The summed E-state index contributed by atoms with van der Waals surface area (Å²) in [5.41, 5.74) is 1.82. The highest BCUT2D eigenvalue weighted by Crippen LogP contribution is 2.39. The highest BCUT2D eigenvalue weighted by atomic mass is 16.6. The molecule has 1 N–H and O–H groups in total. The average Bonchev–Trinajstić information content (AvgIpc) is 3.11. The quantitative estimate of drug-likeness (QED) is 0.228. The van der Waals surface area contributed by atoms with Crippen molar-refractivity contribution in [3.63, 3.8) is 0 Å². The molecule has 33 heavy (non-hydrogen) atoms. The van der Waals surface area contributed by atoms with E-state index in [9.17, 15) is 20.0 Å². The zero-order valence-corrected chi connectivity index (χ0v) is 17.5. The van der Waals surface area contributed by atoms with E-state index in [1.54, 1.807) is 16.7 Å². The Bertz CT molecular complexity index is 1330. The molecule has 0 spiro atoms. The van der Waals surface area contributed by atoms with Crippen LogP contribution in [0.2, 0.25) is 0 Å². The van der Waals surface area contributed by atoms with Gasteiger partial charge in [-0.25, -0.2) is 0 Å². The van der Waals surface area contributed by atoms with Crippen molar-refractivity contribution in [2.45, 2.75) is 13.0 Å². The van der Waals surface area contributed by atoms with E-state index in [1.807, 2.05) is 48.5 Å². The number of hydrogen-bond acceptors (Lipinski definition) is 6. The number of nitrogens with zero attached hydrogens (tertiary/aromatic N) is 4. The summed E-state index contributed by atoms with van der Waals surface area (Å²) in [6.07, 6.45) is 0.701. The zero-order valence-electron chi connectivity index (χ0n) is 17.5. The van der Waals surface area contributed by atoms with Crippen molar-refractivity contribution in [3.05, 3.63) is 94.5 Å². The van der Waals surface area contributed by atoms with E-state index in [4.69, 9.17) is 4.74 Å². The Morgan fingerprint density at radius 1 is 1.00 bits per heavy atom. The van der Waals surface area contributed by atoms with E-state index >= 15 is 0 Å². The number of rotatable bonds is 8. The standard InChI is InChI=1S/C24H20N4O5/c29-22(16-33-21-13-7-6-12-20(21)28(31)32)25-26-23-18-10-4-5-11-19(18)27(24(23)30)15-14-17-8-2-1-3-9-17/h1-13,30H,14-16H2. The van der Waals surface area contributed by atoms with E-state index in [0.717, 1.165) is 11.1 Å². The van der Waals surface area contributed by atoms with Crippen LogP contribution in [0.3, 0.4) is 0 Å². The van der Waals surface area contributed by atoms with Crippen LogP contribution in [0.5, 0.6) is 11.6 Å². The van der Waals surface area contributed by atoms with Crippen LogP contribution in [0.15, 0.2) is 89.1 Å². The smallest absolute Gasteiger partial charge is 0.310 e. The summed E-state index contributed by atoms with van der Waals surface area (Å²) in [5.74, 6) is -0.872. The number of aromatic nitrogens is 1. The lowest BCUT2D eigenvalue weighted by molar-refractivity contribution is -0.385. The van der Waals surface area contributed by atoms with Crippen LogP contribution in [0.1, 0.15) is 5.56 Å². The number of para-hydroxylation sites is 3. The molecule has 4 aromatic rings. The number of aromatic hydroxyl groups is 1. The Morgan fingerprint density at radius 2 is 1.70 bits per heavy atom. The fourth-order valence-corrected chi connectivity index (χ4v) is 3.49. The molecule has 0 atom stereocenters. The maximum absolute atomic E-state index is 12.2. The van der Waals surface area contributed by atoms with E-state index in [-0.39, 0.29) is 23.0 Å². The molecule has 0 aliphatic rings. The SMILES string of the molecule is O=C(COc1ccccc1[N+](=O)[O-])N=Nc1c(O)n(CCc2ccccc2)c2ccccc12. The summed E-state index contributed by atoms with van der Waals surface area (Å²) in [4.78, 5) is 22.7. The minimum Gasteiger partial charge on any atom is -0.493 e. The predicted octanol–water partition coefficient (Wildman–Crippen LogP) is 5.19. The van der Waals surface area contributed by atoms with Crippen LogP contribution >= 0.6 is 0 Å². The molecule has 0 fully saturated rings. The molecule has 0 aliphatic heterocycles. The highest BCUT2D eigenvalue weighted by molar-refractivity contribution is 5.95. The van der Waals surface area contributed by atoms with Gasteiger partial charge < -0.3 is 14.4 Å². The van der Waals surface area contributed by atoms with E-state index in [2.05, 4.69) is 10.2 Å². The van der Waals surface area contributed by atoms with Gasteiger partial charge in [0.25, 0.3) is 0 Å². The van der Waals surface area contributed by atoms with Gasteiger partial charge in [0, 0.05) is 18.0 Å². The van der Waals surface area contributed by atoms with Crippen LogP contribution in [0.4, 0.5) is 11.4 Å². The summed E-state index contributed by atoms with van der Waals surface area (Å²) in [5, 5.41) is 30.1. The summed E-state index contributed by atoms with van der Waals surface area (Å²) in [6.45, 7) is -0.0115. The van der Waals surface area contributed by atoms with Crippen LogP contribution < -0.4 is 4.74 Å². The van der Waals surface area contributed by atoms with Crippen molar-refractivity contribution in [3.8, 4) is 11.6 Å². The Kier molecular flexibility index (Phi) is 6.40. The molecule has 0 radical (unpaired) electrons. The van der Waals surface area contributed by atoms with Crippen LogP contribution in [0.25, 0.3) is 10.9 Å². The number of aryl methyl sites for hydroxylation is 2. The van der Waals surface area contributed by atoms with E-state index < -0.39 is 17.4 Å². The predicted molar refractivity (Wildman–Crippen MR) is 122 cm³/mol. The molecule has 1 amide bonds. The van der Waals surface area contributed by atoms with Gasteiger partial charge in [-0.2, -0.15) is 0 Å². The van der Waals surface area contributed by atoms with Crippen LogP contribution in [0, 0.1) is 10.1 Å². The lowest BCUT2D eigenvalue weighted by Crippen LogP contribution is -2.09. The average molecular weight is 444 g/mol. The van der Waals surface area contributed by atoms with Crippen LogP contribution in [-0.4, -0.2) is 27.1 Å². The van der Waals surface area contributed by atoms with Gasteiger partial charge in [0.1, 0.15) is 0 Å². The molecule has 0 unspecified atom stereocenters. The lowest BCUT2D eigenvalue weighted by atomic mass is 10.1. The number of hydrogen-bond donors (Lipinski definition) is 1. The molecular weight excluding hydrogens is 424 g/mol. The number of nitro benzene ring substituents is 1. The zero-order chi connectivity index (χ0) is 23.2. The normalized spacial score (nSPS) is 11.2. The number of nitro groups is 1. The van der Waals surface area contributed by atoms with Crippen molar-refractivity contribution in [1.82, 2.24) is 4.57 Å². The first kappa shape index (κ1) is 21.7. The van der Waals surface area contributed by atoms with Gasteiger partial charge in [0.2, 0.25) is 5.88 Å². The number of ether oxygens (including phenoxy) is 1. The van der Waals surface area contributed by atoms with E-state index in [0.29, 0.717) is 18.4 Å². The van der Waals surface area contributed by atoms with Gasteiger partial charge in [-0.1, -0.05) is 60.7 Å². The molecule has 0 bridgehead atoms. The molecule has 166 valence electrons. The molecule has 0 aliphatic carbocycles. The Balaban J connectivity index is 1.52. The molecule has 9 heteroatoms. The first-order valence-electron chi connectivity index (χ1n) is 10.2. The Morgan fingerprint density at radius 3 is 2.48 bits per heavy atom. The van der Waals surface area contributed by atoms with Crippen LogP contribution in [-0.2, 0) is 17.8 Å². The third-order valence-electron chi connectivity index (χ3n) is 5.06. The number of benzene rings is 3. The minimum absolute atomic E-state index is 0.0357. The van der Waals surface area contributed by atoms with E-state index in [1.165, 1.54) is 18.2 Å². The summed E-state index contributed by atoms with van der Waals surface area (Å²) in [6, 6.07) is 22.9. The molecule has 1 heterocycles. The van der Waals surface area contributed by atoms with Crippen molar-refractivity contribution in [2.24, 2.45) is 10.2 Å². The number of carbonyl (C=O) groups excluding carboxylic acids is 1. The summed E-state index contributed by atoms with van der Waals surface area (Å²) in [7, 11) is 0. The van der Waals surface area contributed by atoms with Gasteiger partial charge >= 0.3 is 11.6 Å². The third kappa shape index (κ3) is 4.87. The maximum atomic E-state index is 12.2. The van der Waals surface area contributed by atoms with Gasteiger partial charge in [-0.05, 0) is 24.1 Å². The maximum Gasteiger partial charge on any atom is 0.310 e. The highest BCUT2D eigenvalue weighted by Gasteiger charge is 2.18. The molecular formula is C24H20N4O5. The molecule has 0 saturated carbocycles. The molecule has 9 nitrogen and oxygen atoms in total. The minimum atomic E-state index is -0.742. The summed E-state index contributed by atoms with van der Waals surface area (Å²) < 4.78 is 6.97. The van der Waals surface area contributed by atoms with Crippen molar-refractivity contribution >= 4 is 28.2 Å². The fraction of sp³-hybridized carbons (Fsp3) is 0.125. The largest absolute Gasteiger partial charge is 0.493 e. The number of amides is 1. The van der Waals surface area contributed by atoms with Gasteiger partial charge in [0.15, 0.2) is 18.0 Å². The van der Waals surface area contributed by atoms with Gasteiger partial charge in [0.05, 0.1) is 10.4 Å². The molecule has 3 aromatic carbocycles. The number of azo groups is 1. The second-order valence-electron chi connectivity index (χ2n) is 7.18. The second kappa shape index (κ2) is 9.73. The molecule has 4 rings (SSSR count). The topological polar surface area (TPSA) is 119 Å². The fourth-order valence-electron chi connectivity index (χ4n) is 3.49. The van der Waals surface area contributed by atoms with Crippen molar-refractivity contribution in [2.75, 3.05) is 6.61 Å². The van der Waals surface area contributed by atoms with Crippen molar-refractivity contribution < 1.29 is 19.6 Å². The third-order valence-corrected chi connectivity index (χ3v) is 5.06. The monoisotopic (exact) mass is 444 g/mol. The number of fused-ring (bicyclic) bond motifs is 1. The lowest BCUT2D eigenvalue weighted by Gasteiger charge is -2.07. The first-order chi connectivity index (χ1) is 16.0. The van der Waals surface area contributed by atoms with Gasteiger partial charge in [-0.15, -0.1) is 10.2 Å². The molecule has 0 saturated heterocycles. The Labute approximate surface area is 188 Å². The first-order valence-corrected chi connectivity index (χ1v) is 10.2. The second-order valence-corrected chi connectivity index (χ2v) is 7.18. The Hall–Kier alpha value is -4.53. The number of carbonyl (C=O) groups is 1. The summed E-state index contributed by atoms with van der Waals surface area (Å²) >= 11 is 0.